The van der Waals surface area contributed by atoms with E-state index in [1.54, 1.807) is 6.92 Å². The molecule has 17 heavy (non-hydrogen) atoms. The molecule has 0 amide bonds. The molecule has 1 rings (SSSR count). The Morgan fingerprint density at radius 2 is 2.00 bits per heavy atom. The SMILES string of the molecule is COC(=O)C(F)CC(C)=Nc1ccc(C)cc1. The van der Waals surface area contributed by atoms with Gasteiger partial charge in [0.05, 0.1) is 12.8 Å². The maximum absolute atomic E-state index is 13.3. The number of aliphatic imine (C=N–C) groups is 1. The number of methoxy groups -OCH3 is 1. The molecule has 1 unspecified atom stereocenters. The van der Waals surface area contributed by atoms with E-state index in [0.29, 0.717) is 5.71 Å². The van der Waals surface area contributed by atoms with E-state index >= 15 is 0 Å². The summed E-state index contributed by atoms with van der Waals surface area (Å²) in [6, 6.07) is 7.56. The summed E-state index contributed by atoms with van der Waals surface area (Å²) in [6.07, 6.45) is -1.69. The van der Waals surface area contributed by atoms with E-state index in [-0.39, 0.29) is 6.42 Å². The van der Waals surface area contributed by atoms with E-state index < -0.39 is 12.1 Å². The molecule has 0 aromatic heterocycles. The summed E-state index contributed by atoms with van der Waals surface area (Å²) in [5, 5.41) is 0. The van der Waals surface area contributed by atoms with Crippen LogP contribution in [-0.4, -0.2) is 25.0 Å². The van der Waals surface area contributed by atoms with E-state index in [4.69, 9.17) is 0 Å². The molecule has 1 aromatic rings. The van der Waals surface area contributed by atoms with Crippen LogP contribution in [0, 0.1) is 6.92 Å². The van der Waals surface area contributed by atoms with Crippen molar-refractivity contribution >= 4 is 17.4 Å². The van der Waals surface area contributed by atoms with E-state index in [2.05, 4.69) is 9.73 Å². The molecule has 0 saturated heterocycles. The number of ether oxygens (including phenoxy) is 1. The Bertz CT molecular complexity index is 412. The highest BCUT2D eigenvalue weighted by Gasteiger charge is 2.18. The second-order valence-electron chi connectivity index (χ2n) is 3.88. The predicted octanol–water partition coefficient (Wildman–Crippen LogP) is 2.99. The zero-order valence-corrected chi connectivity index (χ0v) is 10.2. The lowest BCUT2D eigenvalue weighted by molar-refractivity contribution is -0.146. The van der Waals surface area contributed by atoms with Crippen molar-refractivity contribution in [3.8, 4) is 0 Å². The van der Waals surface area contributed by atoms with Crippen molar-refractivity contribution in [3.05, 3.63) is 29.8 Å². The number of nitrogens with zero attached hydrogens (tertiary/aromatic N) is 1. The van der Waals surface area contributed by atoms with E-state index in [1.807, 2.05) is 31.2 Å². The largest absolute Gasteiger partial charge is 0.467 e. The molecule has 0 N–H and O–H groups in total. The topological polar surface area (TPSA) is 38.7 Å². The van der Waals surface area contributed by atoms with Crippen LogP contribution in [0.5, 0.6) is 0 Å². The van der Waals surface area contributed by atoms with E-state index in [0.717, 1.165) is 11.3 Å². The molecule has 0 heterocycles. The van der Waals surface area contributed by atoms with Gasteiger partial charge >= 0.3 is 5.97 Å². The Labute approximate surface area is 100 Å². The Hall–Kier alpha value is -1.71. The Kier molecular flexibility index (Phi) is 4.82. The van der Waals surface area contributed by atoms with Gasteiger partial charge < -0.3 is 4.74 Å². The summed E-state index contributed by atoms with van der Waals surface area (Å²) < 4.78 is 17.6. The highest BCUT2D eigenvalue weighted by molar-refractivity contribution is 5.89. The summed E-state index contributed by atoms with van der Waals surface area (Å²) in [6.45, 7) is 3.67. The summed E-state index contributed by atoms with van der Waals surface area (Å²) in [5.41, 5.74) is 2.46. The first kappa shape index (κ1) is 13.4. The monoisotopic (exact) mass is 237 g/mol. The van der Waals surface area contributed by atoms with Crippen LogP contribution in [-0.2, 0) is 9.53 Å². The number of halogens is 1. The molecule has 0 radical (unpaired) electrons. The maximum atomic E-state index is 13.3. The van der Waals surface area contributed by atoms with Gasteiger partial charge in [-0.3, -0.25) is 4.99 Å². The number of hydrogen-bond donors (Lipinski definition) is 0. The molecule has 0 aliphatic rings. The number of esters is 1. The van der Waals surface area contributed by atoms with Gasteiger partial charge in [-0.05, 0) is 26.0 Å². The predicted molar refractivity (Wildman–Crippen MR) is 65.5 cm³/mol. The maximum Gasteiger partial charge on any atom is 0.340 e. The summed E-state index contributed by atoms with van der Waals surface area (Å²) in [5.74, 6) is -0.858. The standard InChI is InChI=1S/C13H16FNO2/c1-9-4-6-11(7-5-9)15-10(2)8-12(14)13(16)17-3/h4-7,12H,8H2,1-3H3. The van der Waals surface area contributed by atoms with Gasteiger partial charge in [-0.25, -0.2) is 9.18 Å². The molecule has 0 saturated carbocycles. The van der Waals surface area contributed by atoms with E-state index in [9.17, 15) is 9.18 Å². The average molecular weight is 237 g/mol. The normalized spacial score (nSPS) is 13.3. The molecular weight excluding hydrogens is 221 g/mol. The third-order valence-electron chi connectivity index (χ3n) is 2.29. The molecule has 1 aromatic carbocycles. The number of alkyl halides is 1. The zero-order valence-electron chi connectivity index (χ0n) is 10.2. The second kappa shape index (κ2) is 6.13. The molecular formula is C13H16FNO2. The van der Waals surface area contributed by atoms with Gasteiger partial charge in [0.2, 0.25) is 6.17 Å². The summed E-state index contributed by atoms with van der Waals surface area (Å²) in [4.78, 5) is 15.1. The number of rotatable bonds is 4. The third-order valence-corrected chi connectivity index (χ3v) is 2.29. The van der Waals surface area contributed by atoms with Crippen molar-refractivity contribution in [2.45, 2.75) is 26.4 Å². The highest BCUT2D eigenvalue weighted by Crippen LogP contribution is 2.14. The van der Waals surface area contributed by atoms with E-state index in [1.165, 1.54) is 7.11 Å². The van der Waals surface area contributed by atoms with Gasteiger partial charge in [-0.1, -0.05) is 17.7 Å². The lowest BCUT2D eigenvalue weighted by Gasteiger charge is -2.05. The summed E-state index contributed by atoms with van der Waals surface area (Å²) >= 11 is 0. The van der Waals surface area contributed by atoms with Gasteiger partial charge in [0.25, 0.3) is 0 Å². The quantitative estimate of drug-likeness (QED) is 0.596. The fraction of sp³-hybridized carbons (Fsp3) is 0.385. The number of benzene rings is 1. The number of aryl methyl sites for hydroxylation is 1. The van der Waals surface area contributed by atoms with Gasteiger partial charge in [-0.15, -0.1) is 0 Å². The summed E-state index contributed by atoms with van der Waals surface area (Å²) in [7, 11) is 1.17. The van der Waals surface area contributed by atoms with Crippen LogP contribution in [0.2, 0.25) is 0 Å². The lowest BCUT2D eigenvalue weighted by atomic mass is 10.2. The van der Waals surface area contributed by atoms with Gasteiger partial charge in [0.1, 0.15) is 0 Å². The van der Waals surface area contributed by atoms with Crippen LogP contribution >= 0.6 is 0 Å². The van der Waals surface area contributed by atoms with Crippen LogP contribution < -0.4 is 0 Å². The first-order valence-corrected chi connectivity index (χ1v) is 5.35. The van der Waals surface area contributed by atoms with Crippen molar-refractivity contribution < 1.29 is 13.9 Å². The van der Waals surface area contributed by atoms with Crippen molar-refractivity contribution in [1.29, 1.82) is 0 Å². The molecule has 92 valence electrons. The number of carbonyl (C=O) groups is 1. The third kappa shape index (κ3) is 4.34. The molecule has 0 bridgehead atoms. The second-order valence-corrected chi connectivity index (χ2v) is 3.88. The molecule has 0 spiro atoms. The Morgan fingerprint density at radius 1 is 1.41 bits per heavy atom. The van der Waals surface area contributed by atoms with Crippen LogP contribution in [0.25, 0.3) is 0 Å². The molecule has 4 heteroatoms. The van der Waals surface area contributed by atoms with Crippen molar-refractivity contribution in [1.82, 2.24) is 0 Å². The zero-order chi connectivity index (χ0) is 12.8. The molecule has 0 aliphatic carbocycles. The van der Waals surface area contributed by atoms with Gasteiger partial charge in [0.15, 0.2) is 0 Å². The van der Waals surface area contributed by atoms with Crippen molar-refractivity contribution in [3.63, 3.8) is 0 Å². The Morgan fingerprint density at radius 3 is 2.53 bits per heavy atom. The first-order valence-electron chi connectivity index (χ1n) is 5.35. The average Bonchev–Trinajstić information content (AvgIpc) is 2.30. The minimum absolute atomic E-state index is 0.0411. The van der Waals surface area contributed by atoms with Gasteiger partial charge in [0, 0.05) is 12.1 Å². The van der Waals surface area contributed by atoms with Crippen LogP contribution in [0.3, 0.4) is 0 Å². The smallest absolute Gasteiger partial charge is 0.340 e. The molecule has 3 nitrogen and oxygen atoms in total. The van der Waals surface area contributed by atoms with Crippen LogP contribution in [0.1, 0.15) is 18.9 Å². The molecule has 1 atom stereocenters. The van der Waals surface area contributed by atoms with Crippen molar-refractivity contribution in [2.75, 3.05) is 7.11 Å². The number of carbonyl (C=O) groups excluding carboxylic acids is 1. The fourth-order valence-corrected chi connectivity index (χ4v) is 1.36. The molecule has 0 fully saturated rings. The lowest BCUT2D eigenvalue weighted by Crippen LogP contribution is -2.19. The minimum Gasteiger partial charge on any atom is -0.467 e. The number of hydrogen-bond acceptors (Lipinski definition) is 3. The van der Waals surface area contributed by atoms with Gasteiger partial charge in [-0.2, -0.15) is 0 Å². The Balaban J connectivity index is 2.66. The molecule has 0 aliphatic heterocycles. The minimum atomic E-state index is -1.64. The fourth-order valence-electron chi connectivity index (χ4n) is 1.36. The van der Waals surface area contributed by atoms with Crippen LogP contribution in [0.4, 0.5) is 10.1 Å². The first-order chi connectivity index (χ1) is 8.02. The highest BCUT2D eigenvalue weighted by atomic mass is 19.1. The van der Waals surface area contributed by atoms with Crippen LogP contribution in [0.15, 0.2) is 29.3 Å². The van der Waals surface area contributed by atoms with Crippen molar-refractivity contribution in [2.24, 2.45) is 4.99 Å².